The van der Waals surface area contributed by atoms with Gasteiger partial charge in [0.2, 0.25) is 0 Å². The summed E-state index contributed by atoms with van der Waals surface area (Å²) in [7, 11) is 0. The number of likely N-dealkylation sites (tertiary alicyclic amines) is 1. The van der Waals surface area contributed by atoms with Crippen LogP contribution in [0.5, 0.6) is 5.75 Å². The molecule has 1 aromatic heterocycles. The molecule has 2 aromatic rings. The van der Waals surface area contributed by atoms with Gasteiger partial charge in [0.15, 0.2) is 0 Å². The number of aromatic nitrogens is 1. The molecule has 1 aromatic carbocycles. The van der Waals surface area contributed by atoms with Crippen molar-refractivity contribution in [1.29, 1.82) is 0 Å². The van der Waals surface area contributed by atoms with E-state index in [-0.39, 0.29) is 43.2 Å². The highest BCUT2D eigenvalue weighted by molar-refractivity contribution is 5.77. The number of halogens is 3. The predicted molar refractivity (Wildman–Crippen MR) is 144 cm³/mol. The number of nitrogens with one attached hydrogen (secondary N) is 1. The Kier molecular flexibility index (Phi) is 9.15. The van der Waals surface area contributed by atoms with Gasteiger partial charge in [0.1, 0.15) is 23.4 Å². The first-order valence-corrected chi connectivity index (χ1v) is 14.4. The lowest BCUT2D eigenvalue weighted by molar-refractivity contribution is -0.143. The molecule has 3 aliphatic heterocycles. The summed E-state index contributed by atoms with van der Waals surface area (Å²) in [6, 6.07) is 6.58. The summed E-state index contributed by atoms with van der Waals surface area (Å²) in [5.41, 5.74) is 2.26. The SMILES string of the molecule is O=C(O)C(c1cc(F)ccc1OCC1CCOC1)N1CCC(C(F)(F)CCCCc2ccc3c(n2)NCCC3)C1. The predicted octanol–water partition coefficient (Wildman–Crippen LogP) is 5.49. The third-order valence-electron chi connectivity index (χ3n) is 8.33. The van der Waals surface area contributed by atoms with Gasteiger partial charge in [-0.25, -0.2) is 18.2 Å². The van der Waals surface area contributed by atoms with Crippen LogP contribution in [0.4, 0.5) is 19.0 Å². The van der Waals surface area contributed by atoms with Gasteiger partial charge in [-0.15, -0.1) is 0 Å². The van der Waals surface area contributed by atoms with E-state index < -0.39 is 29.7 Å². The number of unbranched alkanes of at least 4 members (excludes halogenated alkanes) is 1. The first kappa shape index (κ1) is 28.7. The topological polar surface area (TPSA) is 83.9 Å². The number of pyridine rings is 1. The molecule has 5 rings (SSSR count). The molecule has 10 heteroatoms. The Morgan fingerprint density at radius 2 is 2.12 bits per heavy atom. The van der Waals surface area contributed by atoms with Crippen LogP contribution < -0.4 is 10.1 Å². The summed E-state index contributed by atoms with van der Waals surface area (Å²) < 4.78 is 56.0. The number of aryl methyl sites for hydroxylation is 2. The number of hydrogen-bond acceptors (Lipinski definition) is 6. The molecule has 3 aliphatic rings. The van der Waals surface area contributed by atoms with Gasteiger partial charge in [0.25, 0.3) is 5.92 Å². The van der Waals surface area contributed by atoms with Gasteiger partial charge in [-0.1, -0.05) is 6.07 Å². The smallest absolute Gasteiger partial charge is 0.325 e. The molecule has 7 nitrogen and oxygen atoms in total. The average molecular weight is 562 g/mol. The molecule has 0 bridgehead atoms. The maximum Gasteiger partial charge on any atom is 0.325 e. The number of carboxylic acid groups (broad SMARTS) is 1. The van der Waals surface area contributed by atoms with Gasteiger partial charge in [-0.05, 0) is 81.3 Å². The number of benzene rings is 1. The van der Waals surface area contributed by atoms with Gasteiger partial charge < -0.3 is 19.9 Å². The lowest BCUT2D eigenvalue weighted by Gasteiger charge is -2.28. The fourth-order valence-electron chi connectivity index (χ4n) is 6.02. The van der Waals surface area contributed by atoms with Crippen molar-refractivity contribution in [3.63, 3.8) is 0 Å². The highest BCUT2D eigenvalue weighted by Gasteiger charge is 2.46. The normalized spacial score (nSPS) is 22.1. The zero-order valence-electron chi connectivity index (χ0n) is 22.7. The van der Waals surface area contributed by atoms with Gasteiger partial charge in [-0.3, -0.25) is 9.69 Å². The van der Waals surface area contributed by atoms with Gasteiger partial charge in [-0.2, -0.15) is 0 Å². The molecule has 3 atom stereocenters. The molecule has 218 valence electrons. The number of fused-ring (bicyclic) bond motifs is 1. The second-order valence-corrected chi connectivity index (χ2v) is 11.3. The van der Waals surface area contributed by atoms with Gasteiger partial charge in [0.05, 0.1) is 13.2 Å². The molecule has 0 radical (unpaired) electrons. The van der Waals surface area contributed by atoms with Crippen LogP contribution >= 0.6 is 0 Å². The molecule has 3 unspecified atom stereocenters. The number of hydrogen-bond donors (Lipinski definition) is 2. The Bertz CT molecular complexity index is 1170. The lowest BCUT2D eigenvalue weighted by Crippen LogP contribution is -2.36. The van der Waals surface area contributed by atoms with E-state index in [1.54, 1.807) is 0 Å². The monoisotopic (exact) mass is 561 g/mol. The number of rotatable bonds is 12. The third kappa shape index (κ3) is 6.89. The van der Waals surface area contributed by atoms with Gasteiger partial charge >= 0.3 is 5.97 Å². The van der Waals surface area contributed by atoms with Crippen molar-refractivity contribution in [3.8, 4) is 5.75 Å². The molecule has 0 aliphatic carbocycles. The Hall–Kier alpha value is -2.85. The standard InChI is InChI=1S/C30H38F3N3O4/c31-23-7-9-26(40-19-20-11-15-39-18-20)25(16-23)27(29(37)38)36-14-10-22(17-36)30(32,33)12-2-1-5-24-8-6-21-4-3-13-34-28(21)35-24/h6-9,16,20,22,27H,1-5,10-15,17-19H2,(H,34,35)(H,37,38). The lowest BCUT2D eigenvalue weighted by atomic mass is 9.95. The summed E-state index contributed by atoms with van der Waals surface area (Å²) in [5, 5.41) is 13.4. The molecule has 40 heavy (non-hydrogen) atoms. The molecular formula is C30H38F3N3O4. The number of alkyl halides is 2. The molecule has 0 saturated carbocycles. The minimum Gasteiger partial charge on any atom is -0.493 e. The second kappa shape index (κ2) is 12.8. The van der Waals surface area contributed by atoms with Crippen LogP contribution in [0.15, 0.2) is 30.3 Å². The van der Waals surface area contributed by atoms with Crippen LogP contribution in [-0.4, -0.2) is 66.3 Å². The molecule has 0 amide bonds. The first-order valence-electron chi connectivity index (χ1n) is 14.4. The van der Waals surface area contributed by atoms with Crippen molar-refractivity contribution in [2.75, 3.05) is 44.8 Å². The number of ether oxygens (including phenoxy) is 2. The van der Waals surface area contributed by atoms with E-state index in [1.165, 1.54) is 22.6 Å². The Morgan fingerprint density at radius 3 is 2.92 bits per heavy atom. The van der Waals surface area contributed by atoms with Crippen LogP contribution in [0.2, 0.25) is 0 Å². The van der Waals surface area contributed by atoms with E-state index in [0.717, 1.165) is 43.4 Å². The van der Waals surface area contributed by atoms with E-state index in [0.29, 0.717) is 39.1 Å². The van der Waals surface area contributed by atoms with Gasteiger partial charge in [0, 0.05) is 49.2 Å². The summed E-state index contributed by atoms with van der Waals surface area (Å²) >= 11 is 0. The minimum absolute atomic E-state index is 0.0750. The Balaban J connectivity index is 1.17. The highest BCUT2D eigenvalue weighted by atomic mass is 19.3. The zero-order chi connectivity index (χ0) is 28.1. The maximum atomic E-state index is 15.3. The number of aliphatic carboxylic acids is 1. The van der Waals surface area contributed by atoms with Crippen LogP contribution in [0.3, 0.4) is 0 Å². The van der Waals surface area contributed by atoms with Crippen molar-refractivity contribution in [2.45, 2.75) is 63.3 Å². The largest absolute Gasteiger partial charge is 0.493 e. The maximum absolute atomic E-state index is 15.3. The van der Waals surface area contributed by atoms with Crippen LogP contribution in [0.1, 0.15) is 61.4 Å². The molecule has 4 heterocycles. The average Bonchev–Trinajstić information content (AvgIpc) is 3.64. The minimum atomic E-state index is -2.92. The molecule has 2 N–H and O–H groups in total. The van der Waals surface area contributed by atoms with Crippen molar-refractivity contribution in [3.05, 3.63) is 53.0 Å². The molecule has 0 spiro atoms. The summed E-state index contributed by atoms with van der Waals surface area (Å²) in [6.07, 6.45) is 4.44. The first-order chi connectivity index (χ1) is 19.3. The van der Waals surface area contributed by atoms with Crippen molar-refractivity contribution in [1.82, 2.24) is 9.88 Å². The zero-order valence-corrected chi connectivity index (χ0v) is 22.7. The fraction of sp³-hybridized carbons (Fsp3) is 0.600. The van der Waals surface area contributed by atoms with Crippen molar-refractivity contribution < 1.29 is 32.5 Å². The number of nitrogens with zero attached hydrogens (tertiary/aromatic N) is 2. The van der Waals surface area contributed by atoms with E-state index in [9.17, 15) is 14.3 Å². The van der Waals surface area contributed by atoms with E-state index in [4.69, 9.17) is 9.47 Å². The molecular weight excluding hydrogens is 523 g/mol. The second-order valence-electron chi connectivity index (χ2n) is 11.3. The summed E-state index contributed by atoms with van der Waals surface area (Å²) in [6.45, 7) is 2.55. The van der Waals surface area contributed by atoms with Crippen LogP contribution in [-0.2, 0) is 22.4 Å². The van der Waals surface area contributed by atoms with Crippen LogP contribution in [0.25, 0.3) is 0 Å². The van der Waals surface area contributed by atoms with Crippen molar-refractivity contribution in [2.24, 2.45) is 11.8 Å². The van der Waals surface area contributed by atoms with E-state index >= 15 is 8.78 Å². The fourth-order valence-corrected chi connectivity index (χ4v) is 6.02. The van der Waals surface area contributed by atoms with E-state index in [1.807, 2.05) is 6.07 Å². The molecule has 2 fully saturated rings. The van der Waals surface area contributed by atoms with Crippen LogP contribution in [0, 0.1) is 17.7 Å². The number of anilines is 1. The number of carboxylic acids is 1. The van der Waals surface area contributed by atoms with E-state index in [2.05, 4.69) is 16.4 Å². The van der Waals surface area contributed by atoms with Crippen molar-refractivity contribution >= 4 is 11.8 Å². The highest BCUT2D eigenvalue weighted by Crippen LogP contribution is 2.41. The Morgan fingerprint density at radius 1 is 1.25 bits per heavy atom. The molecule has 2 saturated heterocycles. The quantitative estimate of drug-likeness (QED) is 0.332. The number of carbonyl (C=O) groups is 1. The third-order valence-corrected chi connectivity index (χ3v) is 8.33. The summed E-state index contributed by atoms with van der Waals surface area (Å²) in [4.78, 5) is 18.5. The Labute approximate surface area is 233 Å². The summed E-state index contributed by atoms with van der Waals surface area (Å²) in [5.74, 6) is -4.34.